The van der Waals surface area contributed by atoms with E-state index in [-0.39, 0.29) is 0 Å². The molecule has 0 radical (unpaired) electrons. The highest BCUT2D eigenvalue weighted by Gasteiger charge is 1.94. The second kappa shape index (κ2) is 3.83. The Morgan fingerprint density at radius 3 is 2.60 bits per heavy atom. The first-order chi connectivity index (χ1) is 4.72. The minimum absolute atomic E-state index is 0.816. The maximum atomic E-state index is 5.81. The Balaban J connectivity index is 3.06. The highest BCUT2D eigenvalue weighted by atomic mass is 127. The zero-order valence-electron chi connectivity index (χ0n) is 5.40. The van der Waals surface area contributed by atoms with E-state index < -0.39 is 0 Å². The van der Waals surface area contributed by atoms with Crippen molar-refractivity contribution >= 4 is 46.0 Å². The molecule has 0 spiro atoms. The lowest BCUT2D eigenvalue weighted by atomic mass is 10.4. The summed E-state index contributed by atoms with van der Waals surface area (Å²) in [6, 6.07) is 6.02. The van der Waals surface area contributed by atoms with Gasteiger partial charge >= 0.3 is 0 Å². The van der Waals surface area contributed by atoms with Crippen molar-refractivity contribution in [3.05, 3.63) is 26.8 Å². The van der Waals surface area contributed by atoms with Crippen molar-refractivity contribution in [1.82, 2.24) is 0 Å². The molecular formula is C7H6ClIS. The molecule has 0 saturated carbocycles. The molecule has 54 valence electrons. The van der Waals surface area contributed by atoms with Crippen molar-refractivity contribution in [1.29, 1.82) is 0 Å². The summed E-state index contributed by atoms with van der Waals surface area (Å²) in [4.78, 5) is 1.22. The van der Waals surface area contributed by atoms with Gasteiger partial charge in [-0.15, -0.1) is 11.8 Å². The van der Waals surface area contributed by atoms with Crippen LogP contribution in [0.5, 0.6) is 0 Å². The summed E-state index contributed by atoms with van der Waals surface area (Å²) < 4.78 is 1.19. The van der Waals surface area contributed by atoms with Gasteiger partial charge in [0.2, 0.25) is 0 Å². The third-order valence-corrected chi connectivity index (χ3v) is 2.62. The summed E-state index contributed by atoms with van der Waals surface area (Å²) >= 11 is 9.78. The number of thioether (sulfide) groups is 1. The van der Waals surface area contributed by atoms with Gasteiger partial charge in [0.25, 0.3) is 0 Å². The fourth-order valence-corrected chi connectivity index (χ4v) is 2.50. The molecule has 0 saturated heterocycles. The van der Waals surface area contributed by atoms with Gasteiger partial charge in [-0.25, -0.2) is 0 Å². The van der Waals surface area contributed by atoms with E-state index in [1.54, 1.807) is 11.8 Å². The Kier molecular flexibility index (Phi) is 3.33. The summed E-state index contributed by atoms with van der Waals surface area (Å²) in [6.45, 7) is 0. The van der Waals surface area contributed by atoms with E-state index in [0.29, 0.717) is 0 Å². The van der Waals surface area contributed by atoms with Crippen LogP contribution in [0.2, 0.25) is 5.02 Å². The molecule has 0 nitrogen and oxygen atoms in total. The van der Waals surface area contributed by atoms with Gasteiger partial charge in [-0.1, -0.05) is 11.6 Å². The second-order valence-electron chi connectivity index (χ2n) is 1.81. The van der Waals surface area contributed by atoms with Crippen molar-refractivity contribution in [2.45, 2.75) is 4.90 Å². The zero-order valence-corrected chi connectivity index (χ0v) is 9.13. The van der Waals surface area contributed by atoms with Crippen LogP contribution in [-0.4, -0.2) is 6.26 Å². The topological polar surface area (TPSA) is 0 Å². The highest BCUT2D eigenvalue weighted by Crippen LogP contribution is 2.22. The first-order valence-corrected chi connectivity index (χ1v) is 5.40. The van der Waals surface area contributed by atoms with Crippen LogP contribution in [0.1, 0.15) is 0 Å². The molecule has 0 heterocycles. The van der Waals surface area contributed by atoms with Crippen molar-refractivity contribution < 1.29 is 0 Å². The Morgan fingerprint density at radius 1 is 1.40 bits per heavy atom. The standard InChI is InChI=1S/C7H6ClIS/c1-10-7-3-5(8)2-6(9)4-7/h2-4H,1H3. The van der Waals surface area contributed by atoms with Gasteiger partial charge in [0, 0.05) is 13.5 Å². The maximum absolute atomic E-state index is 5.81. The quantitative estimate of drug-likeness (QED) is 0.560. The van der Waals surface area contributed by atoms with E-state index in [2.05, 4.69) is 28.7 Å². The molecule has 0 aromatic heterocycles. The van der Waals surface area contributed by atoms with Crippen molar-refractivity contribution in [2.75, 3.05) is 6.26 Å². The third-order valence-electron chi connectivity index (χ3n) is 1.07. The minimum Gasteiger partial charge on any atom is -0.130 e. The van der Waals surface area contributed by atoms with E-state index in [4.69, 9.17) is 11.6 Å². The fourth-order valence-electron chi connectivity index (χ4n) is 0.646. The summed E-state index contributed by atoms with van der Waals surface area (Å²) in [5.74, 6) is 0. The Labute approximate surface area is 83.5 Å². The number of benzene rings is 1. The smallest absolute Gasteiger partial charge is 0.0427 e. The van der Waals surface area contributed by atoms with Crippen LogP contribution < -0.4 is 0 Å². The Bertz CT molecular complexity index is 217. The molecule has 0 atom stereocenters. The molecule has 0 amide bonds. The molecule has 1 aromatic rings. The normalized spacial score (nSPS) is 9.90. The van der Waals surface area contributed by atoms with E-state index in [1.165, 1.54) is 8.47 Å². The molecule has 0 fully saturated rings. The lowest BCUT2D eigenvalue weighted by Gasteiger charge is -1.97. The predicted molar refractivity (Wildman–Crippen MR) is 56.0 cm³/mol. The second-order valence-corrected chi connectivity index (χ2v) is 4.37. The van der Waals surface area contributed by atoms with Crippen molar-refractivity contribution in [3.63, 3.8) is 0 Å². The molecule has 1 aromatic carbocycles. The number of halogens is 2. The maximum Gasteiger partial charge on any atom is 0.0427 e. The number of rotatable bonds is 1. The van der Waals surface area contributed by atoms with Crippen LogP contribution in [0.15, 0.2) is 23.1 Å². The first kappa shape index (κ1) is 8.68. The molecule has 0 unspecified atom stereocenters. The Hall–Kier alpha value is 0.590. The van der Waals surface area contributed by atoms with E-state index in [9.17, 15) is 0 Å². The first-order valence-electron chi connectivity index (χ1n) is 2.72. The molecule has 0 aliphatic carbocycles. The molecule has 0 aliphatic rings. The average molecular weight is 285 g/mol. The van der Waals surface area contributed by atoms with Crippen molar-refractivity contribution in [3.8, 4) is 0 Å². The van der Waals surface area contributed by atoms with Crippen LogP contribution in [0.3, 0.4) is 0 Å². The van der Waals surface area contributed by atoms with Crippen LogP contribution in [-0.2, 0) is 0 Å². The van der Waals surface area contributed by atoms with Crippen LogP contribution in [0.4, 0.5) is 0 Å². The highest BCUT2D eigenvalue weighted by molar-refractivity contribution is 14.1. The van der Waals surface area contributed by atoms with Gasteiger partial charge in [-0.2, -0.15) is 0 Å². The largest absolute Gasteiger partial charge is 0.130 e. The third kappa shape index (κ3) is 2.32. The molecule has 0 bridgehead atoms. The van der Waals surface area contributed by atoms with Crippen molar-refractivity contribution in [2.24, 2.45) is 0 Å². The van der Waals surface area contributed by atoms with E-state index >= 15 is 0 Å². The number of hydrogen-bond donors (Lipinski definition) is 0. The fraction of sp³-hybridized carbons (Fsp3) is 0.143. The van der Waals surface area contributed by atoms with Gasteiger partial charge in [0.05, 0.1) is 0 Å². The summed E-state index contributed by atoms with van der Waals surface area (Å²) in [7, 11) is 0. The Morgan fingerprint density at radius 2 is 2.10 bits per heavy atom. The summed E-state index contributed by atoms with van der Waals surface area (Å²) in [6.07, 6.45) is 2.04. The average Bonchev–Trinajstić information content (AvgIpc) is 1.85. The molecule has 10 heavy (non-hydrogen) atoms. The zero-order chi connectivity index (χ0) is 7.56. The van der Waals surface area contributed by atoms with Crippen LogP contribution in [0, 0.1) is 3.57 Å². The molecule has 0 N–H and O–H groups in total. The molecular weight excluding hydrogens is 279 g/mol. The van der Waals surface area contributed by atoms with Gasteiger partial charge in [-0.3, -0.25) is 0 Å². The minimum atomic E-state index is 0.816. The molecule has 1 rings (SSSR count). The monoisotopic (exact) mass is 284 g/mol. The molecule has 3 heteroatoms. The van der Waals surface area contributed by atoms with Crippen LogP contribution >= 0.6 is 46.0 Å². The summed E-state index contributed by atoms with van der Waals surface area (Å²) in [5, 5.41) is 0.816. The van der Waals surface area contributed by atoms with E-state index in [1.807, 2.05) is 18.4 Å². The van der Waals surface area contributed by atoms with Gasteiger partial charge < -0.3 is 0 Å². The molecule has 0 aliphatic heterocycles. The lowest BCUT2D eigenvalue weighted by molar-refractivity contribution is 1.44. The lowest BCUT2D eigenvalue weighted by Crippen LogP contribution is -1.73. The predicted octanol–water partition coefficient (Wildman–Crippen LogP) is 3.67. The van der Waals surface area contributed by atoms with Gasteiger partial charge in [-0.05, 0) is 47.0 Å². The SMILES string of the molecule is CSc1cc(Cl)cc(I)c1. The van der Waals surface area contributed by atoms with Gasteiger partial charge in [0.1, 0.15) is 0 Å². The van der Waals surface area contributed by atoms with E-state index in [0.717, 1.165) is 5.02 Å². The van der Waals surface area contributed by atoms with Gasteiger partial charge in [0.15, 0.2) is 0 Å². The summed E-state index contributed by atoms with van der Waals surface area (Å²) in [5.41, 5.74) is 0. The number of hydrogen-bond acceptors (Lipinski definition) is 1. The van der Waals surface area contributed by atoms with Crippen LogP contribution in [0.25, 0.3) is 0 Å².